The molecule has 5 atom stereocenters. The number of rotatable bonds is 3. The van der Waals surface area contributed by atoms with Crippen LogP contribution in [0.3, 0.4) is 0 Å². The fourth-order valence-electron chi connectivity index (χ4n) is 6.15. The monoisotopic (exact) mass is 438 g/mol. The molecule has 5 aliphatic rings. The van der Waals surface area contributed by atoms with Gasteiger partial charge in [0.1, 0.15) is 11.7 Å². The zero-order valence-electron chi connectivity index (χ0n) is 18.1. The molecule has 0 radical (unpaired) electrons. The highest BCUT2D eigenvalue weighted by Crippen LogP contribution is 2.35. The van der Waals surface area contributed by atoms with Crippen LogP contribution >= 0.6 is 11.6 Å². The summed E-state index contributed by atoms with van der Waals surface area (Å²) in [7, 11) is 2.30. The molecule has 0 amide bonds. The molecule has 3 fully saturated rings. The smallest absolute Gasteiger partial charge is 0.129 e. The molecule has 3 unspecified atom stereocenters. The van der Waals surface area contributed by atoms with Crippen molar-refractivity contribution in [2.24, 2.45) is 4.99 Å². The number of hydrogen-bond acceptors (Lipinski definition) is 6. The zero-order chi connectivity index (χ0) is 20.9. The Balaban J connectivity index is 1.17. The lowest BCUT2D eigenvalue weighted by molar-refractivity contribution is 0.0953. The van der Waals surface area contributed by atoms with Crippen LogP contribution in [0.4, 0.5) is 0 Å². The van der Waals surface area contributed by atoms with E-state index in [2.05, 4.69) is 50.3 Å². The number of likely N-dealkylation sites (N-methyl/N-ethyl adjacent to an activating group) is 1. The number of amidine groups is 1. The predicted octanol–water partition coefficient (Wildman–Crippen LogP) is 3.19. The van der Waals surface area contributed by atoms with Crippen LogP contribution in [0.5, 0.6) is 0 Å². The first-order valence-electron chi connectivity index (χ1n) is 11.7. The highest BCUT2D eigenvalue weighted by atomic mass is 35.5. The van der Waals surface area contributed by atoms with Gasteiger partial charge in [0.25, 0.3) is 0 Å². The van der Waals surface area contributed by atoms with Crippen LogP contribution in [0.15, 0.2) is 47.4 Å². The van der Waals surface area contributed by atoms with Crippen LogP contribution in [0.25, 0.3) is 0 Å². The molecule has 3 saturated heterocycles. The maximum atomic E-state index is 6.44. The second-order valence-electron chi connectivity index (χ2n) is 9.63. The molecule has 0 aromatic carbocycles. The van der Waals surface area contributed by atoms with Crippen molar-refractivity contribution in [2.75, 3.05) is 26.7 Å². The quantitative estimate of drug-likeness (QED) is 0.785. The Morgan fingerprint density at radius 2 is 1.94 bits per heavy atom. The van der Waals surface area contributed by atoms with Crippen LogP contribution < -0.4 is 5.32 Å². The number of pyridine rings is 1. The van der Waals surface area contributed by atoms with E-state index in [1.165, 1.54) is 25.1 Å². The van der Waals surface area contributed by atoms with Crippen LogP contribution in [-0.4, -0.2) is 76.4 Å². The minimum atomic E-state index is 0.212. The summed E-state index contributed by atoms with van der Waals surface area (Å²) in [6.45, 7) is 3.21. The number of nitrogens with zero attached hydrogens (tertiary/aromatic N) is 5. The van der Waals surface area contributed by atoms with Gasteiger partial charge in [-0.05, 0) is 63.4 Å². The minimum Gasteiger partial charge on any atom is -0.355 e. The summed E-state index contributed by atoms with van der Waals surface area (Å²) in [5, 5.41) is 4.60. The Morgan fingerprint density at radius 1 is 1.10 bits per heavy atom. The molecular formula is C24H31ClN6. The summed E-state index contributed by atoms with van der Waals surface area (Å²) in [5.41, 5.74) is 0.977. The van der Waals surface area contributed by atoms with Crippen molar-refractivity contribution in [3.63, 3.8) is 0 Å². The van der Waals surface area contributed by atoms with Crippen molar-refractivity contribution in [1.29, 1.82) is 0 Å². The Kier molecular flexibility index (Phi) is 5.04. The molecule has 6 heterocycles. The van der Waals surface area contributed by atoms with E-state index < -0.39 is 0 Å². The maximum Gasteiger partial charge on any atom is 0.129 e. The van der Waals surface area contributed by atoms with Crippen molar-refractivity contribution < 1.29 is 0 Å². The van der Waals surface area contributed by atoms with Crippen LogP contribution in [0.2, 0.25) is 5.02 Å². The van der Waals surface area contributed by atoms with Gasteiger partial charge in [0, 0.05) is 44.0 Å². The summed E-state index contributed by atoms with van der Waals surface area (Å²) >= 11 is 6.44. The van der Waals surface area contributed by atoms with Gasteiger partial charge >= 0.3 is 0 Å². The largest absolute Gasteiger partial charge is 0.355 e. The van der Waals surface area contributed by atoms with Gasteiger partial charge in [-0.1, -0.05) is 17.7 Å². The predicted molar refractivity (Wildman–Crippen MR) is 124 cm³/mol. The number of halogens is 1. The molecule has 7 heteroatoms. The number of nitrogens with one attached hydrogen (secondary N) is 1. The third kappa shape index (κ3) is 3.49. The maximum absolute atomic E-state index is 6.44. The summed E-state index contributed by atoms with van der Waals surface area (Å²) < 4.78 is 0. The third-order valence-corrected chi connectivity index (χ3v) is 8.21. The van der Waals surface area contributed by atoms with E-state index in [1.807, 2.05) is 18.3 Å². The fourth-order valence-corrected chi connectivity index (χ4v) is 6.40. The van der Waals surface area contributed by atoms with Crippen molar-refractivity contribution in [3.05, 3.63) is 53.1 Å². The lowest BCUT2D eigenvalue weighted by Crippen LogP contribution is -2.54. The number of allylic oxidation sites excluding steroid dienone is 2. The van der Waals surface area contributed by atoms with E-state index in [9.17, 15) is 0 Å². The summed E-state index contributed by atoms with van der Waals surface area (Å²) in [4.78, 5) is 17.4. The first-order valence-corrected chi connectivity index (χ1v) is 12.1. The average molecular weight is 439 g/mol. The Hall–Kier alpha value is -1.89. The molecule has 1 aromatic rings. The van der Waals surface area contributed by atoms with Crippen molar-refractivity contribution in [3.8, 4) is 0 Å². The number of aromatic nitrogens is 1. The summed E-state index contributed by atoms with van der Waals surface area (Å²) in [6.07, 6.45) is 14.5. The Bertz CT molecular complexity index is 928. The number of likely N-dealkylation sites (tertiary alicyclic amines) is 1. The zero-order valence-corrected chi connectivity index (χ0v) is 18.9. The van der Waals surface area contributed by atoms with E-state index in [0.717, 1.165) is 49.0 Å². The third-order valence-electron chi connectivity index (χ3n) is 7.89. The SMILES string of the molecule is CN1C2CCC1CN(C1=CC=CC3=NC([C@H]4CCC[C@@H](c5ncccc5Cl)N4)CN13)C2. The van der Waals surface area contributed by atoms with Crippen molar-refractivity contribution in [2.45, 2.75) is 62.3 Å². The van der Waals surface area contributed by atoms with E-state index in [0.29, 0.717) is 18.1 Å². The molecule has 6 rings (SSSR count). The van der Waals surface area contributed by atoms with Gasteiger partial charge in [0.05, 0.1) is 22.8 Å². The standard InChI is InChI=1S/C24H31ClN6/c1-29-16-10-11-17(29)14-30(13-16)23-9-3-8-22-28-21(15-31(22)23)19-6-2-7-20(27-19)24-18(25)5-4-12-26-24/h3-5,8-9,12,16-17,19-21,27H,2,6-7,10-11,13-15H2,1H3/t16?,17?,19-,20+,21?/m1/s1. The number of piperidine rings is 1. The van der Waals surface area contributed by atoms with Gasteiger partial charge in [-0.15, -0.1) is 0 Å². The van der Waals surface area contributed by atoms with Crippen LogP contribution in [0.1, 0.15) is 43.8 Å². The molecule has 31 heavy (non-hydrogen) atoms. The van der Waals surface area contributed by atoms with Gasteiger partial charge in [0.15, 0.2) is 0 Å². The lowest BCUT2D eigenvalue weighted by atomic mass is 9.92. The van der Waals surface area contributed by atoms with Gasteiger partial charge in [-0.3, -0.25) is 14.9 Å². The van der Waals surface area contributed by atoms with Crippen LogP contribution in [0, 0.1) is 0 Å². The molecule has 1 aromatic heterocycles. The normalized spacial score (nSPS) is 35.2. The second kappa shape index (κ2) is 7.91. The highest BCUT2D eigenvalue weighted by molar-refractivity contribution is 6.31. The van der Waals surface area contributed by atoms with Gasteiger partial charge in [-0.25, -0.2) is 0 Å². The molecule has 1 N–H and O–H groups in total. The lowest BCUT2D eigenvalue weighted by Gasteiger charge is -2.44. The van der Waals surface area contributed by atoms with E-state index >= 15 is 0 Å². The molecule has 2 bridgehead atoms. The Morgan fingerprint density at radius 3 is 2.74 bits per heavy atom. The minimum absolute atomic E-state index is 0.212. The number of piperazine rings is 1. The van der Waals surface area contributed by atoms with E-state index in [-0.39, 0.29) is 12.1 Å². The van der Waals surface area contributed by atoms with Gasteiger partial charge < -0.3 is 15.1 Å². The van der Waals surface area contributed by atoms with E-state index in [1.54, 1.807) is 0 Å². The molecular weight excluding hydrogens is 408 g/mol. The van der Waals surface area contributed by atoms with Crippen molar-refractivity contribution >= 4 is 17.4 Å². The summed E-state index contributed by atoms with van der Waals surface area (Å²) in [6, 6.07) is 6.04. The molecule has 0 saturated carbocycles. The first-order chi connectivity index (χ1) is 15.2. The topological polar surface area (TPSA) is 47.0 Å². The highest BCUT2D eigenvalue weighted by Gasteiger charge is 2.42. The molecule has 164 valence electrons. The van der Waals surface area contributed by atoms with Gasteiger partial charge in [0.2, 0.25) is 0 Å². The van der Waals surface area contributed by atoms with Crippen molar-refractivity contribution in [1.82, 2.24) is 25.0 Å². The molecule has 5 aliphatic heterocycles. The molecule has 0 aliphatic carbocycles. The second-order valence-corrected chi connectivity index (χ2v) is 10.0. The van der Waals surface area contributed by atoms with E-state index in [4.69, 9.17) is 16.6 Å². The number of fused-ring (bicyclic) bond motifs is 3. The van der Waals surface area contributed by atoms with Gasteiger partial charge in [-0.2, -0.15) is 0 Å². The first kappa shape index (κ1) is 19.8. The fraction of sp³-hybridized carbons (Fsp3) is 0.583. The number of hydrogen-bond donors (Lipinski definition) is 1. The molecule has 6 nitrogen and oxygen atoms in total. The van der Waals surface area contributed by atoms with Crippen LogP contribution in [-0.2, 0) is 0 Å². The summed E-state index contributed by atoms with van der Waals surface area (Å²) in [5.74, 6) is 2.46. The number of aliphatic imine (C=N–C) groups is 1. The average Bonchev–Trinajstić information content (AvgIpc) is 3.30. The molecule has 0 spiro atoms. The Labute approximate surface area is 189 Å².